The first-order valence-corrected chi connectivity index (χ1v) is 5.12. The Kier molecular flexibility index (Phi) is 4.02. The van der Waals surface area contributed by atoms with Gasteiger partial charge in [0.2, 0.25) is 0 Å². The zero-order chi connectivity index (χ0) is 8.97. The van der Waals surface area contributed by atoms with E-state index >= 15 is 0 Å². The maximum atomic E-state index is 3.37. The van der Waals surface area contributed by atoms with Crippen molar-refractivity contribution in [2.45, 2.75) is 32.7 Å². The molecule has 1 saturated heterocycles. The molecule has 1 N–H and O–H groups in total. The smallest absolute Gasteiger partial charge is 0.0192 e. The van der Waals surface area contributed by atoms with Gasteiger partial charge in [-0.2, -0.15) is 0 Å². The van der Waals surface area contributed by atoms with Crippen molar-refractivity contribution in [1.29, 1.82) is 0 Å². The second-order valence-corrected chi connectivity index (χ2v) is 4.28. The van der Waals surface area contributed by atoms with Crippen molar-refractivity contribution >= 4 is 0 Å². The van der Waals surface area contributed by atoms with Gasteiger partial charge >= 0.3 is 0 Å². The van der Waals surface area contributed by atoms with Gasteiger partial charge in [0, 0.05) is 19.1 Å². The van der Waals surface area contributed by atoms with E-state index in [2.05, 4.69) is 31.1 Å². The predicted molar refractivity (Wildman–Crippen MR) is 53.4 cm³/mol. The van der Waals surface area contributed by atoms with Crippen molar-refractivity contribution in [3.8, 4) is 0 Å². The van der Waals surface area contributed by atoms with E-state index in [1.165, 1.54) is 32.5 Å². The van der Waals surface area contributed by atoms with Crippen LogP contribution < -0.4 is 5.32 Å². The lowest BCUT2D eigenvalue weighted by atomic mass is 10.0. The van der Waals surface area contributed by atoms with Gasteiger partial charge in [-0.25, -0.2) is 0 Å². The third-order valence-corrected chi connectivity index (χ3v) is 2.54. The summed E-state index contributed by atoms with van der Waals surface area (Å²) in [5.41, 5.74) is 0. The fourth-order valence-corrected chi connectivity index (χ4v) is 1.97. The highest BCUT2D eigenvalue weighted by molar-refractivity contribution is 4.77. The summed E-state index contributed by atoms with van der Waals surface area (Å²) in [7, 11) is 2.07. The molecule has 0 saturated carbocycles. The summed E-state index contributed by atoms with van der Waals surface area (Å²) < 4.78 is 0. The fourth-order valence-electron chi connectivity index (χ4n) is 1.97. The molecule has 1 atom stereocenters. The van der Waals surface area contributed by atoms with Crippen molar-refractivity contribution in [2.24, 2.45) is 5.92 Å². The van der Waals surface area contributed by atoms with Gasteiger partial charge in [-0.05, 0) is 32.4 Å². The molecule has 1 aliphatic rings. The number of likely N-dealkylation sites (N-methyl/N-ethyl adjacent to an activating group) is 1. The second kappa shape index (κ2) is 4.83. The Labute approximate surface area is 76.3 Å². The summed E-state index contributed by atoms with van der Waals surface area (Å²) in [6.07, 6.45) is 2.71. The number of likely N-dealkylation sites (tertiary alicyclic amines) is 1. The molecule has 0 amide bonds. The zero-order valence-corrected chi connectivity index (χ0v) is 8.64. The minimum absolute atomic E-state index is 0.734. The highest BCUT2D eigenvalue weighted by Crippen LogP contribution is 2.11. The largest absolute Gasteiger partial charge is 0.316 e. The number of hydrogen-bond acceptors (Lipinski definition) is 2. The first-order valence-electron chi connectivity index (χ1n) is 5.12. The Morgan fingerprint density at radius 2 is 2.25 bits per heavy atom. The standard InChI is InChI=1S/C10H22N2/c1-9(2)7-12-6-4-5-10(8-12)11-3/h9-11H,4-8H2,1-3H3. The number of rotatable bonds is 3. The maximum Gasteiger partial charge on any atom is 0.0192 e. The Balaban J connectivity index is 2.25. The summed E-state index contributed by atoms with van der Waals surface area (Å²) in [4.78, 5) is 2.58. The molecule has 2 heteroatoms. The van der Waals surface area contributed by atoms with Crippen LogP contribution in [0.15, 0.2) is 0 Å². The molecule has 0 bridgehead atoms. The number of hydrogen-bond donors (Lipinski definition) is 1. The van der Waals surface area contributed by atoms with E-state index in [-0.39, 0.29) is 0 Å². The molecule has 12 heavy (non-hydrogen) atoms. The van der Waals surface area contributed by atoms with Gasteiger partial charge in [0.15, 0.2) is 0 Å². The van der Waals surface area contributed by atoms with Crippen molar-refractivity contribution in [3.05, 3.63) is 0 Å². The van der Waals surface area contributed by atoms with Gasteiger partial charge < -0.3 is 10.2 Å². The third-order valence-electron chi connectivity index (χ3n) is 2.54. The molecule has 0 aliphatic carbocycles. The molecule has 1 aliphatic heterocycles. The van der Waals surface area contributed by atoms with Crippen LogP contribution in [0.2, 0.25) is 0 Å². The molecular formula is C10H22N2. The number of piperidine rings is 1. The molecule has 2 nitrogen and oxygen atoms in total. The Morgan fingerprint density at radius 3 is 2.83 bits per heavy atom. The van der Waals surface area contributed by atoms with Gasteiger partial charge in [0.1, 0.15) is 0 Å². The summed E-state index contributed by atoms with van der Waals surface area (Å²) >= 11 is 0. The van der Waals surface area contributed by atoms with Crippen molar-refractivity contribution < 1.29 is 0 Å². The van der Waals surface area contributed by atoms with Gasteiger partial charge in [0.25, 0.3) is 0 Å². The van der Waals surface area contributed by atoms with Crippen molar-refractivity contribution in [1.82, 2.24) is 10.2 Å². The molecule has 72 valence electrons. The molecule has 1 unspecified atom stereocenters. The molecule has 0 aromatic carbocycles. The Hall–Kier alpha value is -0.0800. The minimum atomic E-state index is 0.734. The normalized spacial score (nSPS) is 26.5. The van der Waals surface area contributed by atoms with E-state index in [0.29, 0.717) is 0 Å². The second-order valence-electron chi connectivity index (χ2n) is 4.28. The van der Waals surface area contributed by atoms with E-state index < -0.39 is 0 Å². The fraction of sp³-hybridized carbons (Fsp3) is 1.00. The third kappa shape index (κ3) is 3.11. The quantitative estimate of drug-likeness (QED) is 0.687. The zero-order valence-electron chi connectivity index (χ0n) is 8.64. The van der Waals surface area contributed by atoms with Gasteiger partial charge in [-0.3, -0.25) is 0 Å². The summed E-state index contributed by atoms with van der Waals surface area (Å²) in [5, 5.41) is 3.37. The highest BCUT2D eigenvalue weighted by Gasteiger charge is 2.18. The van der Waals surface area contributed by atoms with Crippen LogP contribution in [0.3, 0.4) is 0 Å². The average molecular weight is 170 g/mol. The average Bonchev–Trinajstić information content (AvgIpc) is 2.03. The van der Waals surface area contributed by atoms with Crippen molar-refractivity contribution in [3.63, 3.8) is 0 Å². The minimum Gasteiger partial charge on any atom is -0.316 e. The molecule has 0 aromatic heterocycles. The van der Waals surface area contributed by atoms with Gasteiger partial charge in [-0.15, -0.1) is 0 Å². The first-order chi connectivity index (χ1) is 5.72. The van der Waals surface area contributed by atoms with Crippen LogP contribution in [0.5, 0.6) is 0 Å². The summed E-state index contributed by atoms with van der Waals surface area (Å²) in [6, 6.07) is 0.734. The van der Waals surface area contributed by atoms with E-state index in [0.717, 1.165) is 12.0 Å². The molecule has 0 radical (unpaired) electrons. The monoisotopic (exact) mass is 170 g/mol. The van der Waals surface area contributed by atoms with Crippen LogP contribution >= 0.6 is 0 Å². The van der Waals surface area contributed by atoms with Crippen LogP contribution in [0.25, 0.3) is 0 Å². The topological polar surface area (TPSA) is 15.3 Å². The molecule has 1 heterocycles. The summed E-state index contributed by atoms with van der Waals surface area (Å²) in [6.45, 7) is 8.40. The van der Waals surface area contributed by atoms with Crippen molar-refractivity contribution in [2.75, 3.05) is 26.7 Å². The lowest BCUT2D eigenvalue weighted by molar-refractivity contribution is 0.177. The first kappa shape index (κ1) is 10.0. The lowest BCUT2D eigenvalue weighted by Gasteiger charge is -2.33. The van der Waals surface area contributed by atoms with Crippen LogP contribution in [0.1, 0.15) is 26.7 Å². The van der Waals surface area contributed by atoms with Crippen LogP contribution in [0.4, 0.5) is 0 Å². The van der Waals surface area contributed by atoms with E-state index in [1.807, 2.05) is 0 Å². The van der Waals surface area contributed by atoms with Gasteiger partial charge in [-0.1, -0.05) is 13.8 Å². The molecule has 1 fully saturated rings. The molecular weight excluding hydrogens is 148 g/mol. The SMILES string of the molecule is CNC1CCCN(CC(C)C)C1. The van der Waals surface area contributed by atoms with Crippen LogP contribution in [-0.2, 0) is 0 Å². The molecule has 1 rings (SSSR count). The Morgan fingerprint density at radius 1 is 1.50 bits per heavy atom. The van der Waals surface area contributed by atoms with Crippen LogP contribution in [-0.4, -0.2) is 37.6 Å². The molecule has 0 aromatic rings. The summed E-state index contributed by atoms with van der Waals surface area (Å²) in [5.74, 6) is 0.806. The number of nitrogens with zero attached hydrogens (tertiary/aromatic N) is 1. The van der Waals surface area contributed by atoms with E-state index in [1.54, 1.807) is 0 Å². The predicted octanol–water partition coefficient (Wildman–Crippen LogP) is 1.33. The number of nitrogens with one attached hydrogen (secondary N) is 1. The maximum absolute atomic E-state index is 3.37. The highest BCUT2D eigenvalue weighted by atomic mass is 15.2. The lowest BCUT2D eigenvalue weighted by Crippen LogP contribution is -2.45. The molecule has 0 spiro atoms. The van der Waals surface area contributed by atoms with E-state index in [4.69, 9.17) is 0 Å². The van der Waals surface area contributed by atoms with Crippen LogP contribution in [0, 0.1) is 5.92 Å². The van der Waals surface area contributed by atoms with Gasteiger partial charge in [0.05, 0.1) is 0 Å². The Bertz CT molecular complexity index is 123. The van der Waals surface area contributed by atoms with E-state index in [9.17, 15) is 0 Å².